The van der Waals surface area contributed by atoms with E-state index in [0.29, 0.717) is 6.54 Å². The summed E-state index contributed by atoms with van der Waals surface area (Å²) in [6.45, 7) is 5.84. The highest BCUT2D eigenvalue weighted by Gasteiger charge is 2.20. The van der Waals surface area contributed by atoms with Crippen molar-refractivity contribution >= 4 is 5.91 Å². The van der Waals surface area contributed by atoms with E-state index in [1.807, 2.05) is 11.8 Å². The first kappa shape index (κ1) is 13.5. The number of nitrogens with zero attached hydrogens (tertiary/aromatic N) is 1. The van der Waals surface area contributed by atoms with Crippen LogP contribution in [0.3, 0.4) is 0 Å². The predicted octanol–water partition coefficient (Wildman–Crippen LogP) is 0.748. The summed E-state index contributed by atoms with van der Waals surface area (Å²) in [6, 6.07) is -0.187. The molecule has 94 valence electrons. The first-order valence-electron chi connectivity index (χ1n) is 6.31. The Kier molecular flexibility index (Phi) is 5.77. The average Bonchev–Trinajstić information content (AvgIpc) is 2.53. The van der Waals surface area contributed by atoms with Gasteiger partial charge in [-0.2, -0.15) is 0 Å². The van der Waals surface area contributed by atoms with E-state index in [9.17, 15) is 4.79 Å². The highest BCUT2D eigenvalue weighted by Crippen LogP contribution is 2.10. The molecule has 0 radical (unpaired) electrons. The van der Waals surface area contributed by atoms with Gasteiger partial charge in [0.25, 0.3) is 0 Å². The number of rotatable bonds is 4. The first-order valence-corrected chi connectivity index (χ1v) is 6.31. The molecule has 1 aliphatic rings. The lowest BCUT2D eigenvalue weighted by Gasteiger charge is -2.25. The maximum Gasteiger partial charge on any atom is 0.239 e. The van der Waals surface area contributed by atoms with Crippen molar-refractivity contribution in [1.82, 2.24) is 10.2 Å². The minimum absolute atomic E-state index is 0.169. The van der Waals surface area contributed by atoms with Crippen LogP contribution in [0.1, 0.15) is 39.5 Å². The van der Waals surface area contributed by atoms with Crippen LogP contribution in [-0.2, 0) is 4.79 Å². The quantitative estimate of drug-likeness (QED) is 0.746. The zero-order valence-corrected chi connectivity index (χ0v) is 10.4. The Morgan fingerprint density at radius 1 is 1.25 bits per heavy atom. The van der Waals surface area contributed by atoms with Crippen LogP contribution in [0.2, 0.25) is 0 Å². The highest BCUT2D eigenvalue weighted by molar-refractivity contribution is 5.81. The number of likely N-dealkylation sites (tertiary alicyclic amines) is 1. The molecule has 0 aromatic heterocycles. The summed E-state index contributed by atoms with van der Waals surface area (Å²) in [5, 5.41) is 12.2. The molecule has 0 bridgehead atoms. The van der Waals surface area contributed by atoms with Gasteiger partial charge in [0, 0.05) is 19.6 Å². The maximum absolute atomic E-state index is 12.0. The van der Waals surface area contributed by atoms with Crippen LogP contribution in [0.5, 0.6) is 0 Å². The molecule has 4 heteroatoms. The number of aliphatic hydroxyl groups is 1. The fourth-order valence-corrected chi connectivity index (χ4v) is 2.00. The number of amides is 1. The molecule has 2 atom stereocenters. The van der Waals surface area contributed by atoms with Gasteiger partial charge in [-0.1, -0.05) is 12.8 Å². The zero-order valence-electron chi connectivity index (χ0n) is 10.4. The van der Waals surface area contributed by atoms with Gasteiger partial charge in [0.15, 0.2) is 0 Å². The van der Waals surface area contributed by atoms with Gasteiger partial charge in [-0.25, -0.2) is 0 Å². The summed E-state index contributed by atoms with van der Waals surface area (Å²) in [5.41, 5.74) is 0. The molecule has 1 aliphatic heterocycles. The van der Waals surface area contributed by atoms with Crippen LogP contribution in [-0.4, -0.2) is 47.7 Å². The van der Waals surface area contributed by atoms with E-state index in [4.69, 9.17) is 5.11 Å². The third-order valence-corrected chi connectivity index (χ3v) is 3.01. The second-order valence-electron chi connectivity index (χ2n) is 4.72. The largest absolute Gasteiger partial charge is 0.392 e. The van der Waals surface area contributed by atoms with Crippen molar-refractivity contribution in [2.24, 2.45) is 0 Å². The smallest absolute Gasteiger partial charge is 0.239 e. The number of hydrogen-bond donors (Lipinski definition) is 2. The summed E-state index contributed by atoms with van der Waals surface area (Å²) >= 11 is 0. The second-order valence-corrected chi connectivity index (χ2v) is 4.72. The Labute approximate surface area is 98.0 Å². The maximum atomic E-state index is 12.0. The van der Waals surface area contributed by atoms with Gasteiger partial charge in [-0.3, -0.25) is 4.79 Å². The average molecular weight is 228 g/mol. The predicted molar refractivity (Wildman–Crippen MR) is 64.2 cm³/mol. The number of nitrogens with one attached hydrogen (secondary N) is 1. The third kappa shape index (κ3) is 4.49. The van der Waals surface area contributed by atoms with Crippen LogP contribution >= 0.6 is 0 Å². The van der Waals surface area contributed by atoms with Gasteiger partial charge in [0.2, 0.25) is 5.91 Å². The highest BCUT2D eigenvalue weighted by atomic mass is 16.3. The summed E-state index contributed by atoms with van der Waals surface area (Å²) in [4.78, 5) is 14.0. The van der Waals surface area contributed by atoms with E-state index in [1.54, 1.807) is 6.92 Å². The molecule has 0 aromatic carbocycles. The Balaban J connectivity index is 2.35. The zero-order chi connectivity index (χ0) is 12.0. The van der Waals surface area contributed by atoms with Gasteiger partial charge >= 0.3 is 0 Å². The van der Waals surface area contributed by atoms with Gasteiger partial charge in [0.05, 0.1) is 12.1 Å². The summed E-state index contributed by atoms with van der Waals surface area (Å²) in [6.07, 6.45) is 4.31. The van der Waals surface area contributed by atoms with Crippen molar-refractivity contribution in [3.8, 4) is 0 Å². The lowest BCUT2D eigenvalue weighted by molar-refractivity contribution is -0.133. The van der Waals surface area contributed by atoms with Crippen molar-refractivity contribution in [2.45, 2.75) is 51.7 Å². The van der Waals surface area contributed by atoms with E-state index in [-0.39, 0.29) is 11.9 Å². The molecule has 0 aliphatic carbocycles. The Bertz CT molecular complexity index is 211. The molecule has 1 saturated heterocycles. The summed E-state index contributed by atoms with van der Waals surface area (Å²) in [5.74, 6) is 0.169. The normalized spacial score (nSPS) is 21.3. The van der Waals surface area contributed by atoms with Crippen LogP contribution in [0.25, 0.3) is 0 Å². The van der Waals surface area contributed by atoms with Crippen LogP contribution in [0, 0.1) is 0 Å². The van der Waals surface area contributed by atoms with Crippen molar-refractivity contribution < 1.29 is 9.90 Å². The van der Waals surface area contributed by atoms with Crippen molar-refractivity contribution in [1.29, 1.82) is 0 Å². The fraction of sp³-hybridized carbons (Fsp3) is 0.917. The molecule has 1 fully saturated rings. The lowest BCUT2D eigenvalue weighted by Crippen LogP contribution is -2.46. The lowest BCUT2D eigenvalue weighted by atomic mass is 10.2. The summed E-state index contributed by atoms with van der Waals surface area (Å²) < 4.78 is 0. The van der Waals surface area contributed by atoms with E-state index in [0.717, 1.165) is 25.9 Å². The van der Waals surface area contributed by atoms with Crippen LogP contribution < -0.4 is 5.32 Å². The molecule has 0 aromatic rings. The van der Waals surface area contributed by atoms with E-state index < -0.39 is 6.10 Å². The molecule has 0 saturated carbocycles. The van der Waals surface area contributed by atoms with Crippen LogP contribution in [0.4, 0.5) is 0 Å². The minimum Gasteiger partial charge on any atom is -0.392 e. The molecular weight excluding hydrogens is 204 g/mol. The number of carbonyl (C=O) groups excluding carboxylic acids is 1. The summed E-state index contributed by atoms with van der Waals surface area (Å²) in [7, 11) is 0. The van der Waals surface area contributed by atoms with Crippen molar-refractivity contribution in [3.05, 3.63) is 0 Å². The molecule has 0 spiro atoms. The standard InChI is InChI=1S/C12H24N2O2/c1-10(15)9-13-11(2)12(16)14-7-5-3-4-6-8-14/h10-11,13,15H,3-9H2,1-2H3. The first-order chi connectivity index (χ1) is 7.61. The molecule has 16 heavy (non-hydrogen) atoms. The van der Waals surface area contributed by atoms with E-state index in [2.05, 4.69) is 5.32 Å². The van der Waals surface area contributed by atoms with Gasteiger partial charge in [0.1, 0.15) is 0 Å². The number of carbonyl (C=O) groups is 1. The number of aliphatic hydroxyl groups excluding tert-OH is 1. The number of hydrogen-bond acceptors (Lipinski definition) is 3. The SMILES string of the molecule is CC(O)CNC(C)C(=O)N1CCCCCC1. The molecule has 1 amide bonds. The van der Waals surface area contributed by atoms with E-state index >= 15 is 0 Å². The molecule has 2 N–H and O–H groups in total. The molecular formula is C12H24N2O2. The Hall–Kier alpha value is -0.610. The Morgan fingerprint density at radius 2 is 1.81 bits per heavy atom. The third-order valence-electron chi connectivity index (χ3n) is 3.01. The topological polar surface area (TPSA) is 52.6 Å². The molecule has 1 heterocycles. The van der Waals surface area contributed by atoms with Gasteiger partial charge < -0.3 is 15.3 Å². The molecule has 2 unspecified atom stereocenters. The second kappa shape index (κ2) is 6.86. The molecule has 4 nitrogen and oxygen atoms in total. The van der Waals surface area contributed by atoms with E-state index in [1.165, 1.54) is 12.8 Å². The monoisotopic (exact) mass is 228 g/mol. The van der Waals surface area contributed by atoms with Crippen molar-refractivity contribution in [2.75, 3.05) is 19.6 Å². The van der Waals surface area contributed by atoms with Gasteiger partial charge in [-0.05, 0) is 26.7 Å². The van der Waals surface area contributed by atoms with Crippen molar-refractivity contribution in [3.63, 3.8) is 0 Å². The fourth-order valence-electron chi connectivity index (χ4n) is 2.00. The Morgan fingerprint density at radius 3 is 2.31 bits per heavy atom. The van der Waals surface area contributed by atoms with Gasteiger partial charge in [-0.15, -0.1) is 0 Å². The minimum atomic E-state index is -0.403. The van der Waals surface area contributed by atoms with Crippen LogP contribution in [0.15, 0.2) is 0 Å². The molecule has 1 rings (SSSR count).